The summed E-state index contributed by atoms with van der Waals surface area (Å²) in [6.45, 7) is 6.18. The van der Waals surface area contributed by atoms with E-state index in [9.17, 15) is 4.79 Å². The summed E-state index contributed by atoms with van der Waals surface area (Å²) in [6.07, 6.45) is 0.368. The summed E-state index contributed by atoms with van der Waals surface area (Å²) in [5, 5.41) is 11.7. The van der Waals surface area contributed by atoms with Crippen LogP contribution in [0.15, 0.2) is 24.3 Å². The molecule has 1 aromatic carbocycles. The Morgan fingerprint density at radius 2 is 2.15 bits per heavy atom. The minimum Gasteiger partial charge on any atom is -0.364 e. The van der Waals surface area contributed by atoms with Crippen molar-refractivity contribution in [3.63, 3.8) is 0 Å². The quantitative estimate of drug-likeness (QED) is 0.827. The van der Waals surface area contributed by atoms with Crippen molar-refractivity contribution in [2.75, 3.05) is 25.0 Å². The predicted octanol–water partition coefficient (Wildman–Crippen LogP) is 0.189. The number of quaternary nitrogens is 1. The van der Waals surface area contributed by atoms with Gasteiger partial charge in [-0.3, -0.25) is 4.79 Å². The van der Waals surface area contributed by atoms with Gasteiger partial charge < -0.3 is 15.0 Å². The maximum absolute atomic E-state index is 12.0. The highest BCUT2D eigenvalue weighted by molar-refractivity contribution is 5.91. The third kappa shape index (κ3) is 4.05. The Morgan fingerprint density at radius 1 is 1.45 bits per heavy atom. The summed E-state index contributed by atoms with van der Waals surface area (Å²) in [6, 6.07) is 9.01. The van der Waals surface area contributed by atoms with Crippen LogP contribution in [-0.2, 0) is 9.53 Å². The zero-order chi connectivity index (χ0) is 14.5. The van der Waals surface area contributed by atoms with Gasteiger partial charge in [-0.25, -0.2) is 0 Å². The molecule has 0 aliphatic carbocycles. The van der Waals surface area contributed by atoms with Crippen LogP contribution in [0, 0.1) is 11.3 Å². The van der Waals surface area contributed by atoms with E-state index in [0.717, 1.165) is 13.1 Å². The second-order valence-electron chi connectivity index (χ2n) is 5.33. The van der Waals surface area contributed by atoms with Gasteiger partial charge in [0.25, 0.3) is 5.91 Å². The van der Waals surface area contributed by atoms with Gasteiger partial charge in [-0.05, 0) is 32.0 Å². The molecule has 2 atom stereocenters. The van der Waals surface area contributed by atoms with Crippen molar-refractivity contribution in [1.29, 1.82) is 5.26 Å². The van der Waals surface area contributed by atoms with Crippen molar-refractivity contribution >= 4 is 11.6 Å². The largest absolute Gasteiger partial charge is 0.364 e. The van der Waals surface area contributed by atoms with Crippen molar-refractivity contribution in [3.8, 4) is 6.07 Å². The molecule has 106 valence electrons. The molecule has 0 saturated carbocycles. The van der Waals surface area contributed by atoms with E-state index in [1.165, 1.54) is 4.90 Å². The van der Waals surface area contributed by atoms with E-state index in [1.54, 1.807) is 24.3 Å². The van der Waals surface area contributed by atoms with Crippen LogP contribution in [-0.4, -0.2) is 37.7 Å². The van der Waals surface area contributed by atoms with Crippen molar-refractivity contribution in [2.45, 2.75) is 26.1 Å². The first-order valence-electron chi connectivity index (χ1n) is 6.86. The number of carbonyl (C=O) groups excluding carboxylic acids is 1. The van der Waals surface area contributed by atoms with Crippen molar-refractivity contribution in [1.82, 2.24) is 0 Å². The van der Waals surface area contributed by atoms with Crippen LogP contribution in [0.25, 0.3) is 0 Å². The van der Waals surface area contributed by atoms with Crippen LogP contribution >= 0.6 is 0 Å². The Kier molecular flexibility index (Phi) is 4.72. The standard InChI is InChI=1S/C15H19N3O2/c1-11-8-18(9-12(2)20-11)10-15(19)17-14-5-3-4-13(6-14)7-16/h3-6,11-12H,8-10H2,1-2H3,(H,17,19)/p+1/t11-,12-/m0/s1. The monoisotopic (exact) mass is 274 g/mol. The number of rotatable bonds is 3. The molecule has 1 amide bonds. The first kappa shape index (κ1) is 14.5. The highest BCUT2D eigenvalue weighted by Gasteiger charge is 2.27. The van der Waals surface area contributed by atoms with Gasteiger partial charge in [0, 0.05) is 5.69 Å². The van der Waals surface area contributed by atoms with Gasteiger partial charge in [-0.1, -0.05) is 6.07 Å². The molecular formula is C15H20N3O2+. The molecule has 1 saturated heterocycles. The van der Waals surface area contributed by atoms with E-state index in [4.69, 9.17) is 10.00 Å². The molecule has 0 unspecified atom stereocenters. The van der Waals surface area contributed by atoms with E-state index >= 15 is 0 Å². The fraction of sp³-hybridized carbons (Fsp3) is 0.467. The van der Waals surface area contributed by atoms with Crippen LogP contribution < -0.4 is 10.2 Å². The lowest BCUT2D eigenvalue weighted by Gasteiger charge is -2.31. The average molecular weight is 274 g/mol. The lowest BCUT2D eigenvalue weighted by atomic mass is 10.2. The smallest absolute Gasteiger partial charge is 0.279 e. The SMILES string of the molecule is C[C@H]1C[NH+](CC(=O)Nc2cccc(C#N)c2)C[C@H](C)O1. The Labute approximate surface area is 119 Å². The molecular weight excluding hydrogens is 254 g/mol. The van der Waals surface area contributed by atoms with E-state index in [-0.39, 0.29) is 18.1 Å². The molecule has 20 heavy (non-hydrogen) atoms. The summed E-state index contributed by atoms with van der Waals surface area (Å²) in [5.74, 6) is -0.0311. The van der Waals surface area contributed by atoms with Gasteiger partial charge in [0.15, 0.2) is 6.54 Å². The zero-order valence-electron chi connectivity index (χ0n) is 11.8. The number of ether oxygens (including phenoxy) is 1. The number of hydrogen-bond acceptors (Lipinski definition) is 3. The Bertz CT molecular complexity index is 514. The molecule has 0 aromatic heterocycles. The maximum atomic E-state index is 12.0. The van der Waals surface area contributed by atoms with Gasteiger partial charge in [0.1, 0.15) is 25.3 Å². The molecule has 1 heterocycles. The second kappa shape index (κ2) is 6.51. The first-order chi connectivity index (χ1) is 9.56. The summed E-state index contributed by atoms with van der Waals surface area (Å²) in [4.78, 5) is 13.3. The third-order valence-electron chi connectivity index (χ3n) is 3.30. The number of carbonyl (C=O) groups is 1. The Balaban J connectivity index is 1.90. The Morgan fingerprint density at radius 3 is 2.80 bits per heavy atom. The van der Waals surface area contributed by atoms with Gasteiger partial charge in [-0.15, -0.1) is 0 Å². The van der Waals surface area contributed by atoms with Crippen molar-refractivity contribution in [2.24, 2.45) is 0 Å². The fourth-order valence-corrected chi connectivity index (χ4v) is 2.63. The maximum Gasteiger partial charge on any atom is 0.279 e. The molecule has 1 fully saturated rings. The highest BCUT2D eigenvalue weighted by atomic mass is 16.5. The van der Waals surface area contributed by atoms with Gasteiger partial charge in [0.05, 0.1) is 11.6 Å². The molecule has 2 N–H and O–H groups in total. The van der Waals surface area contributed by atoms with E-state index in [0.29, 0.717) is 17.8 Å². The van der Waals surface area contributed by atoms with E-state index in [1.807, 2.05) is 13.8 Å². The molecule has 1 aromatic rings. The predicted molar refractivity (Wildman–Crippen MR) is 75.4 cm³/mol. The topological polar surface area (TPSA) is 66.6 Å². The highest BCUT2D eigenvalue weighted by Crippen LogP contribution is 2.09. The molecule has 2 rings (SSSR count). The van der Waals surface area contributed by atoms with Crippen LogP contribution in [0.4, 0.5) is 5.69 Å². The molecule has 5 heteroatoms. The zero-order valence-corrected chi connectivity index (χ0v) is 11.8. The van der Waals surface area contributed by atoms with Crippen LogP contribution in [0.5, 0.6) is 0 Å². The minimum absolute atomic E-state index is 0.0311. The number of amides is 1. The molecule has 0 radical (unpaired) electrons. The normalized spacial score (nSPS) is 25.8. The average Bonchev–Trinajstić information content (AvgIpc) is 2.37. The van der Waals surface area contributed by atoms with E-state index < -0.39 is 0 Å². The van der Waals surface area contributed by atoms with Gasteiger partial charge in [-0.2, -0.15) is 5.26 Å². The second-order valence-corrected chi connectivity index (χ2v) is 5.33. The summed E-state index contributed by atoms with van der Waals surface area (Å²) < 4.78 is 5.66. The molecule has 5 nitrogen and oxygen atoms in total. The lowest BCUT2D eigenvalue weighted by molar-refractivity contribution is -0.907. The Hall–Kier alpha value is -1.90. The van der Waals surface area contributed by atoms with E-state index in [2.05, 4.69) is 11.4 Å². The number of nitrogens with zero attached hydrogens (tertiary/aromatic N) is 1. The molecule has 0 bridgehead atoms. The molecule has 1 aliphatic heterocycles. The fourth-order valence-electron chi connectivity index (χ4n) is 2.63. The summed E-state index contributed by atoms with van der Waals surface area (Å²) in [7, 11) is 0. The summed E-state index contributed by atoms with van der Waals surface area (Å²) >= 11 is 0. The number of morpholine rings is 1. The number of hydrogen-bond donors (Lipinski definition) is 2. The molecule has 0 spiro atoms. The first-order valence-corrected chi connectivity index (χ1v) is 6.86. The number of anilines is 1. The number of nitrogens with one attached hydrogen (secondary N) is 2. The van der Waals surface area contributed by atoms with Gasteiger partial charge >= 0.3 is 0 Å². The van der Waals surface area contributed by atoms with Crippen LogP contribution in [0.2, 0.25) is 0 Å². The number of benzene rings is 1. The third-order valence-corrected chi connectivity index (χ3v) is 3.30. The number of nitriles is 1. The van der Waals surface area contributed by atoms with Crippen LogP contribution in [0.3, 0.4) is 0 Å². The molecule has 1 aliphatic rings. The lowest BCUT2D eigenvalue weighted by Crippen LogP contribution is -3.16. The minimum atomic E-state index is -0.0311. The van der Waals surface area contributed by atoms with Crippen molar-refractivity contribution < 1.29 is 14.4 Å². The van der Waals surface area contributed by atoms with Crippen LogP contribution in [0.1, 0.15) is 19.4 Å². The van der Waals surface area contributed by atoms with Gasteiger partial charge in [0.2, 0.25) is 0 Å². The summed E-state index contributed by atoms with van der Waals surface area (Å²) in [5.41, 5.74) is 1.21. The van der Waals surface area contributed by atoms with Crippen molar-refractivity contribution in [3.05, 3.63) is 29.8 Å².